The van der Waals surface area contributed by atoms with Gasteiger partial charge in [-0.1, -0.05) is 12.5 Å². The lowest BCUT2D eigenvalue weighted by Crippen LogP contribution is -2.39. The molecule has 3 heterocycles. The van der Waals surface area contributed by atoms with E-state index in [1.54, 1.807) is 6.20 Å². The number of hydrogen-bond donors (Lipinski definition) is 1. The molecule has 1 atom stereocenters. The summed E-state index contributed by atoms with van der Waals surface area (Å²) in [5.74, 6) is -0.0242. The highest BCUT2D eigenvalue weighted by Crippen LogP contribution is 2.26. The van der Waals surface area contributed by atoms with Crippen molar-refractivity contribution in [3.63, 3.8) is 0 Å². The molecule has 0 radical (unpaired) electrons. The van der Waals surface area contributed by atoms with Crippen LogP contribution in [0.3, 0.4) is 0 Å². The maximum Gasteiger partial charge on any atom is 0.263 e. The largest absolute Gasteiger partial charge is 0.351 e. The molecule has 1 N–H and O–H groups in total. The Balaban J connectivity index is 1.51. The summed E-state index contributed by atoms with van der Waals surface area (Å²) in [7, 11) is 0. The molecule has 134 valence electrons. The number of hydrogen-bond acceptors (Lipinski definition) is 5. The summed E-state index contributed by atoms with van der Waals surface area (Å²) >= 11 is 1.41. The summed E-state index contributed by atoms with van der Waals surface area (Å²) in [5, 5.41) is 3.84. The van der Waals surface area contributed by atoms with Crippen molar-refractivity contribution in [2.24, 2.45) is 0 Å². The number of amides is 1. The molecule has 0 spiro atoms. The fourth-order valence-electron chi connectivity index (χ4n) is 3.26. The summed E-state index contributed by atoms with van der Waals surface area (Å²) in [6.45, 7) is 7.14. The molecule has 2 aromatic rings. The van der Waals surface area contributed by atoms with Crippen LogP contribution in [-0.2, 0) is 0 Å². The van der Waals surface area contributed by atoms with Gasteiger partial charge in [0.25, 0.3) is 5.91 Å². The molecule has 25 heavy (non-hydrogen) atoms. The van der Waals surface area contributed by atoms with Gasteiger partial charge in [0, 0.05) is 25.3 Å². The van der Waals surface area contributed by atoms with Gasteiger partial charge in [-0.3, -0.25) is 9.78 Å². The molecule has 2 aromatic heterocycles. The molecule has 3 rings (SSSR count). The highest BCUT2D eigenvalue weighted by atomic mass is 32.1. The number of likely N-dealkylation sites (tertiary alicyclic amines) is 1. The third kappa shape index (κ3) is 4.64. The van der Waals surface area contributed by atoms with E-state index in [1.807, 2.05) is 25.1 Å². The molecule has 0 aromatic carbocycles. The number of rotatable bonds is 6. The average molecular weight is 359 g/mol. The minimum Gasteiger partial charge on any atom is -0.351 e. The van der Waals surface area contributed by atoms with Crippen LogP contribution in [0.25, 0.3) is 10.7 Å². The van der Waals surface area contributed by atoms with E-state index >= 15 is 0 Å². The lowest BCUT2D eigenvalue weighted by atomic mass is 10.0. The number of aryl methyl sites for hydroxylation is 1. The van der Waals surface area contributed by atoms with Crippen molar-refractivity contribution in [2.75, 3.05) is 19.6 Å². The van der Waals surface area contributed by atoms with Gasteiger partial charge >= 0.3 is 0 Å². The van der Waals surface area contributed by atoms with Gasteiger partial charge in [0.2, 0.25) is 0 Å². The van der Waals surface area contributed by atoms with Crippen LogP contribution in [0.15, 0.2) is 24.4 Å². The number of carbonyl (C=O) groups is 1. The third-order valence-corrected chi connectivity index (χ3v) is 5.91. The second-order valence-electron chi connectivity index (χ2n) is 6.64. The van der Waals surface area contributed by atoms with Crippen LogP contribution in [0, 0.1) is 6.92 Å². The van der Waals surface area contributed by atoms with Crippen LogP contribution in [0.1, 0.15) is 48.0 Å². The lowest BCUT2D eigenvalue weighted by molar-refractivity contribution is 0.0952. The molecule has 1 aliphatic heterocycles. The molecule has 1 unspecified atom stereocenters. The van der Waals surface area contributed by atoms with E-state index in [4.69, 9.17) is 0 Å². The van der Waals surface area contributed by atoms with Gasteiger partial charge in [-0.05, 0) is 51.8 Å². The van der Waals surface area contributed by atoms with Crippen molar-refractivity contribution >= 4 is 17.2 Å². The van der Waals surface area contributed by atoms with Gasteiger partial charge in [-0.2, -0.15) is 0 Å². The topological polar surface area (TPSA) is 58.1 Å². The highest BCUT2D eigenvalue weighted by molar-refractivity contribution is 7.17. The van der Waals surface area contributed by atoms with Gasteiger partial charge in [0.15, 0.2) is 0 Å². The first-order chi connectivity index (χ1) is 12.1. The van der Waals surface area contributed by atoms with Crippen LogP contribution in [0.2, 0.25) is 0 Å². The fourth-order valence-corrected chi connectivity index (χ4v) is 4.22. The first-order valence-corrected chi connectivity index (χ1v) is 9.88. The number of pyridine rings is 1. The SMILES string of the molecule is Cc1nc(-c2ccccn2)sc1C(=O)NCCCN1CCCCC1C. The van der Waals surface area contributed by atoms with E-state index < -0.39 is 0 Å². The minimum atomic E-state index is -0.0242. The fraction of sp³-hybridized carbons (Fsp3) is 0.526. The monoisotopic (exact) mass is 358 g/mol. The number of nitrogens with one attached hydrogen (secondary N) is 1. The van der Waals surface area contributed by atoms with Crippen LogP contribution in [0.4, 0.5) is 0 Å². The van der Waals surface area contributed by atoms with Crippen molar-refractivity contribution in [2.45, 2.75) is 45.6 Å². The molecular formula is C19H26N4OS. The van der Waals surface area contributed by atoms with E-state index in [9.17, 15) is 4.79 Å². The predicted molar refractivity (Wildman–Crippen MR) is 102 cm³/mol. The third-order valence-electron chi connectivity index (χ3n) is 4.74. The average Bonchev–Trinajstić information content (AvgIpc) is 3.02. The standard InChI is InChI=1S/C19H26N4OS/c1-14-8-4-6-12-23(14)13-7-11-21-18(24)17-15(2)22-19(25-17)16-9-3-5-10-20-16/h3,5,9-10,14H,4,6-8,11-13H2,1-2H3,(H,21,24). The number of aromatic nitrogens is 2. The zero-order valence-electron chi connectivity index (χ0n) is 15.0. The van der Waals surface area contributed by atoms with Gasteiger partial charge < -0.3 is 10.2 Å². The molecule has 1 amide bonds. The van der Waals surface area contributed by atoms with Crippen molar-refractivity contribution in [3.05, 3.63) is 35.0 Å². The zero-order chi connectivity index (χ0) is 17.6. The summed E-state index contributed by atoms with van der Waals surface area (Å²) in [5.41, 5.74) is 1.58. The Labute approximate surface area is 153 Å². The van der Waals surface area contributed by atoms with E-state index in [-0.39, 0.29) is 5.91 Å². The van der Waals surface area contributed by atoms with Crippen LogP contribution >= 0.6 is 11.3 Å². The second kappa shape index (κ2) is 8.54. The molecule has 0 aliphatic carbocycles. The van der Waals surface area contributed by atoms with Crippen molar-refractivity contribution in [3.8, 4) is 10.7 Å². The molecule has 1 saturated heterocycles. The Kier molecular flexibility index (Phi) is 6.15. The summed E-state index contributed by atoms with van der Waals surface area (Å²) < 4.78 is 0. The van der Waals surface area contributed by atoms with Crippen molar-refractivity contribution < 1.29 is 4.79 Å². The lowest BCUT2D eigenvalue weighted by Gasteiger charge is -2.33. The quantitative estimate of drug-likeness (QED) is 0.803. The van der Waals surface area contributed by atoms with Crippen LogP contribution in [-0.4, -0.2) is 46.5 Å². The molecule has 1 fully saturated rings. The van der Waals surface area contributed by atoms with Crippen LogP contribution in [0.5, 0.6) is 0 Å². The number of nitrogens with zero attached hydrogens (tertiary/aromatic N) is 3. The number of thiazole rings is 1. The van der Waals surface area contributed by atoms with Gasteiger partial charge in [0.1, 0.15) is 9.88 Å². The normalized spacial score (nSPS) is 18.2. The first-order valence-electron chi connectivity index (χ1n) is 9.06. The predicted octanol–water partition coefficient (Wildman–Crippen LogP) is 3.51. The smallest absolute Gasteiger partial charge is 0.263 e. The Morgan fingerprint density at radius 2 is 2.28 bits per heavy atom. The minimum absolute atomic E-state index is 0.0242. The first kappa shape index (κ1) is 18.0. The second-order valence-corrected chi connectivity index (χ2v) is 7.64. The molecular weight excluding hydrogens is 332 g/mol. The Bertz CT molecular complexity index is 701. The zero-order valence-corrected chi connectivity index (χ0v) is 15.8. The maximum atomic E-state index is 12.5. The summed E-state index contributed by atoms with van der Waals surface area (Å²) in [6.07, 6.45) is 6.67. The number of carbonyl (C=O) groups excluding carboxylic acids is 1. The molecule has 0 saturated carbocycles. The van der Waals surface area contributed by atoms with Crippen molar-refractivity contribution in [1.29, 1.82) is 0 Å². The van der Waals surface area contributed by atoms with E-state index in [2.05, 4.69) is 27.1 Å². The summed E-state index contributed by atoms with van der Waals surface area (Å²) in [4.78, 5) is 24.5. The highest BCUT2D eigenvalue weighted by Gasteiger charge is 2.18. The molecule has 1 aliphatic rings. The number of piperidine rings is 1. The maximum absolute atomic E-state index is 12.5. The van der Waals surface area contributed by atoms with E-state index in [0.29, 0.717) is 17.5 Å². The molecule has 0 bridgehead atoms. The van der Waals surface area contributed by atoms with E-state index in [0.717, 1.165) is 29.4 Å². The Hall–Kier alpha value is -1.79. The van der Waals surface area contributed by atoms with Gasteiger partial charge in [-0.25, -0.2) is 4.98 Å². The molecule has 6 heteroatoms. The van der Waals surface area contributed by atoms with E-state index in [1.165, 1.54) is 37.1 Å². The Morgan fingerprint density at radius 3 is 3.04 bits per heavy atom. The van der Waals surface area contributed by atoms with Gasteiger partial charge in [-0.15, -0.1) is 11.3 Å². The Morgan fingerprint density at radius 1 is 1.40 bits per heavy atom. The molecule has 5 nitrogen and oxygen atoms in total. The van der Waals surface area contributed by atoms with Crippen LogP contribution < -0.4 is 5.32 Å². The van der Waals surface area contributed by atoms with Crippen molar-refractivity contribution in [1.82, 2.24) is 20.2 Å². The summed E-state index contributed by atoms with van der Waals surface area (Å²) in [6, 6.07) is 6.40. The van der Waals surface area contributed by atoms with Gasteiger partial charge in [0.05, 0.1) is 11.4 Å².